The van der Waals surface area contributed by atoms with Gasteiger partial charge in [0.1, 0.15) is 4.88 Å². The summed E-state index contributed by atoms with van der Waals surface area (Å²) >= 11 is 1.50. The van der Waals surface area contributed by atoms with Crippen LogP contribution in [0.25, 0.3) is 0 Å². The highest BCUT2D eigenvalue weighted by Crippen LogP contribution is 2.77. The van der Waals surface area contributed by atoms with Gasteiger partial charge in [-0.1, -0.05) is 44.3 Å². The summed E-state index contributed by atoms with van der Waals surface area (Å²) in [4.78, 5) is 22.8. The highest BCUT2D eigenvalue weighted by molar-refractivity contribution is 7.91. The highest BCUT2D eigenvalue weighted by atomic mass is 32.2. The molecule has 7 rings (SSSR count). The minimum atomic E-state index is -2.83. The number of piperidine rings is 1. The zero-order valence-electron chi connectivity index (χ0n) is 33.4. The van der Waals surface area contributed by atoms with E-state index in [1.165, 1.54) is 74.7 Å². The first-order valence-corrected chi connectivity index (χ1v) is 23.3. The fourth-order valence-corrected chi connectivity index (χ4v) is 16.3. The fraction of sp³-hybridized carbons (Fsp3) is 0.857. The SMILES string of the molecule is C=C(C)[C@@H]1CC[C@]2(CNCCCN3CCS(=O)(=O)CC3)CC[C@]3(C)[C@H](CC[C@@H]4[C@@]5(C)CCN(c6ncc(C(=O)OCC)s6)C(C)(C)[C@@H]5CC[C@]43C)[C@@H]12. The molecule has 6 aliphatic rings. The number of nitrogens with zero attached hydrogens (tertiary/aromatic N) is 3. The van der Waals surface area contributed by atoms with Gasteiger partial charge in [-0.2, -0.15) is 0 Å². The number of aromatic nitrogens is 1. The first-order chi connectivity index (χ1) is 24.5. The molecule has 0 amide bonds. The Bertz CT molecular complexity index is 1610. The zero-order valence-corrected chi connectivity index (χ0v) is 35.0. The monoisotopic (exact) mass is 756 g/mol. The van der Waals surface area contributed by atoms with Crippen molar-refractivity contribution in [3.8, 4) is 0 Å². The quantitative estimate of drug-likeness (QED) is 0.147. The number of hydrogen-bond donors (Lipinski definition) is 1. The summed E-state index contributed by atoms with van der Waals surface area (Å²) < 4.78 is 29.1. The lowest BCUT2D eigenvalue weighted by atomic mass is 9.33. The summed E-state index contributed by atoms with van der Waals surface area (Å²) in [5, 5.41) is 4.94. The van der Waals surface area contributed by atoms with E-state index < -0.39 is 9.84 Å². The highest BCUT2D eigenvalue weighted by Gasteiger charge is 2.70. The van der Waals surface area contributed by atoms with Crippen LogP contribution in [0.15, 0.2) is 18.3 Å². The Morgan fingerprint density at radius 2 is 1.73 bits per heavy atom. The van der Waals surface area contributed by atoms with E-state index in [1.807, 2.05) is 6.92 Å². The number of hydrogen-bond acceptors (Lipinski definition) is 9. The number of carbonyl (C=O) groups is 1. The molecule has 2 aliphatic heterocycles. The van der Waals surface area contributed by atoms with E-state index in [9.17, 15) is 13.2 Å². The van der Waals surface area contributed by atoms with Crippen LogP contribution in [-0.4, -0.2) is 87.2 Å². The van der Waals surface area contributed by atoms with Gasteiger partial charge in [0, 0.05) is 31.7 Å². The van der Waals surface area contributed by atoms with Gasteiger partial charge in [-0.3, -0.25) is 0 Å². The maximum Gasteiger partial charge on any atom is 0.350 e. The summed E-state index contributed by atoms with van der Waals surface area (Å²) in [7, 11) is -2.83. The molecule has 0 unspecified atom stereocenters. The Balaban J connectivity index is 1.07. The Morgan fingerprint density at radius 1 is 0.981 bits per heavy atom. The van der Waals surface area contributed by atoms with E-state index in [4.69, 9.17) is 9.72 Å². The third kappa shape index (κ3) is 6.24. The van der Waals surface area contributed by atoms with Gasteiger partial charge in [-0.05, 0) is 156 Å². The molecule has 4 saturated carbocycles. The maximum absolute atomic E-state index is 12.5. The van der Waals surface area contributed by atoms with Crippen molar-refractivity contribution in [3.05, 3.63) is 23.2 Å². The Hall–Kier alpha value is -1.49. The maximum atomic E-state index is 12.5. The molecule has 0 radical (unpaired) electrons. The molecule has 1 N–H and O–H groups in total. The molecule has 9 atom stereocenters. The van der Waals surface area contributed by atoms with Gasteiger partial charge in [0.15, 0.2) is 15.0 Å². The first-order valence-electron chi connectivity index (χ1n) is 20.7. The van der Waals surface area contributed by atoms with Crippen LogP contribution in [0.5, 0.6) is 0 Å². The molecular formula is C42H68N4O4S2. The normalized spacial score (nSPS) is 41.0. The summed E-state index contributed by atoms with van der Waals surface area (Å²) in [5.74, 6) is 3.68. The van der Waals surface area contributed by atoms with Crippen molar-refractivity contribution in [2.45, 2.75) is 118 Å². The zero-order chi connectivity index (χ0) is 37.3. The van der Waals surface area contributed by atoms with Crippen molar-refractivity contribution in [2.75, 3.05) is 62.3 Å². The fourth-order valence-electron chi connectivity index (χ4n) is 14.1. The minimum Gasteiger partial charge on any atom is -0.462 e. The molecule has 10 heteroatoms. The Labute approximate surface area is 319 Å². The van der Waals surface area contributed by atoms with Gasteiger partial charge in [-0.25, -0.2) is 18.2 Å². The number of ether oxygens (including phenoxy) is 1. The number of carbonyl (C=O) groups excluding carboxylic acids is 1. The molecule has 4 aliphatic carbocycles. The van der Waals surface area contributed by atoms with Crippen LogP contribution < -0.4 is 10.2 Å². The van der Waals surface area contributed by atoms with E-state index in [-0.39, 0.29) is 16.9 Å². The van der Waals surface area contributed by atoms with Gasteiger partial charge in [0.05, 0.1) is 24.3 Å². The number of allylic oxidation sites excluding steroid dienone is 1. The van der Waals surface area contributed by atoms with Crippen LogP contribution in [0.4, 0.5) is 5.13 Å². The van der Waals surface area contributed by atoms with Crippen LogP contribution in [-0.2, 0) is 14.6 Å². The standard InChI is InChI=1S/C42H68N4O4S2/c1-9-50-36(47)32-27-44-37(51-32)46-22-19-39(6)33(38(46,4)5)14-15-41(8)34(39)12-11-31-35-30(29(2)3)13-16-42(35,18-17-40(31,41)7)28-43-20-10-21-45-23-25-52(48,49)26-24-45/h27,30-31,33-35,43H,2,9-26,28H2,1,3-8H3/t30-,31+,33-,34+,35+,39-,40+,41+,42+/m0/s1. The van der Waals surface area contributed by atoms with Crippen molar-refractivity contribution in [1.29, 1.82) is 0 Å². The largest absolute Gasteiger partial charge is 0.462 e. The van der Waals surface area contributed by atoms with E-state index in [0.29, 0.717) is 76.0 Å². The van der Waals surface area contributed by atoms with E-state index >= 15 is 0 Å². The molecule has 6 fully saturated rings. The van der Waals surface area contributed by atoms with Gasteiger partial charge < -0.3 is 19.9 Å². The van der Waals surface area contributed by atoms with Gasteiger partial charge >= 0.3 is 5.97 Å². The average Bonchev–Trinajstić information content (AvgIpc) is 3.72. The Kier molecular flexibility index (Phi) is 10.4. The second-order valence-electron chi connectivity index (χ2n) is 19.4. The predicted octanol–water partition coefficient (Wildman–Crippen LogP) is 7.86. The van der Waals surface area contributed by atoms with Crippen molar-refractivity contribution >= 4 is 32.3 Å². The van der Waals surface area contributed by atoms with Crippen molar-refractivity contribution < 1.29 is 17.9 Å². The molecule has 1 aromatic rings. The third-order valence-electron chi connectivity index (χ3n) is 16.9. The molecule has 1 aromatic heterocycles. The first kappa shape index (κ1) is 38.8. The minimum absolute atomic E-state index is 0.0501. The second-order valence-corrected chi connectivity index (χ2v) is 22.7. The van der Waals surface area contributed by atoms with Crippen molar-refractivity contribution in [3.63, 3.8) is 0 Å². The van der Waals surface area contributed by atoms with Crippen LogP contribution in [0.1, 0.15) is 122 Å². The molecule has 2 saturated heterocycles. The third-order valence-corrected chi connectivity index (χ3v) is 19.5. The average molecular weight is 757 g/mol. The van der Waals surface area contributed by atoms with Gasteiger partial charge in [-0.15, -0.1) is 0 Å². The van der Waals surface area contributed by atoms with Crippen molar-refractivity contribution in [2.24, 2.45) is 51.2 Å². The summed E-state index contributed by atoms with van der Waals surface area (Å²) in [6.45, 7) is 27.7. The van der Waals surface area contributed by atoms with Crippen LogP contribution >= 0.6 is 11.3 Å². The molecule has 0 bridgehead atoms. The van der Waals surface area contributed by atoms with Crippen LogP contribution in [0, 0.1) is 51.2 Å². The number of nitrogens with one attached hydrogen (secondary N) is 1. The Morgan fingerprint density at radius 3 is 2.44 bits per heavy atom. The molecule has 292 valence electrons. The topological polar surface area (TPSA) is 91.8 Å². The molecule has 52 heavy (non-hydrogen) atoms. The predicted molar refractivity (Wildman–Crippen MR) is 213 cm³/mol. The molecular weight excluding hydrogens is 689 g/mol. The molecule has 0 spiro atoms. The summed E-state index contributed by atoms with van der Waals surface area (Å²) in [5.41, 5.74) is 2.59. The molecule has 8 nitrogen and oxygen atoms in total. The van der Waals surface area contributed by atoms with Gasteiger partial charge in [0.2, 0.25) is 0 Å². The summed E-state index contributed by atoms with van der Waals surface area (Å²) in [6, 6.07) is 0. The number of fused-ring (bicyclic) bond motifs is 7. The van der Waals surface area contributed by atoms with Crippen molar-refractivity contribution in [1.82, 2.24) is 15.2 Å². The summed E-state index contributed by atoms with van der Waals surface area (Å²) in [6.07, 6.45) is 14.4. The number of thiazole rings is 1. The van der Waals surface area contributed by atoms with Crippen LogP contribution in [0.2, 0.25) is 0 Å². The lowest BCUT2D eigenvalue weighted by molar-refractivity contribution is -0.227. The number of anilines is 1. The molecule has 0 aromatic carbocycles. The number of rotatable bonds is 10. The lowest BCUT2D eigenvalue weighted by Crippen LogP contribution is -2.70. The smallest absolute Gasteiger partial charge is 0.350 e. The number of sulfone groups is 1. The van der Waals surface area contributed by atoms with E-state index in [1.54, 1.807) is 6.20 Å². The lowest BCUT2D eigenvalue weighted by Gasteiger charge is -2.73. The van der Waals surface area contributed by atoms with Crippen LogP contribution in [0.3, 0.4) is 0 Å². The number of esters is 1. The van der Waals surface area contributed by atoms with E-state index in [2.05, 4.69) is 63.2 Å². The van der Waals surface area contributed by atoms with E-state index in [0.717, 1.165) is 43.6 Å². The molecule has 3 heterocycles. The second kappa shape index (κ2) is 13.9. The van der Waals surface area contributed by atoms with Gasteiger partial charge in [0.25, 0.3) is 0 Å².